The smallest absolute Gasteiger partial charge is 0.346 e. The first-order chi connectivity index (χ1) is 18.4. The number of fused-ring (bicyclic) bond motifs is 2. The van der Waals surface area contributed by atoms with Crippen LogP contribution in [0, 0.1) is 0 Å². The monoisotopic (exact) mass is 510 g/mol. The highest BCUT2D eigenvalue weighted by molar-refractivity contribution is 6.19. The van der Waals surface area contributed by atoms with Crippen molar-refractivity contribution in [3.63, 3.8) is 0 Å². The molecule has 2 N–H and O–H groups in total. The van der Waals surface area contributed by atoms with Crippen molar-refractivity contribution in [1.29, 1.82) is 0 Å². The van der Waals surface area contributed by atoms with Crippen molar-refractivity contribution >= 4 is 58.1 Å². The number of urea groups is 2. The highest BCUT2D eigenvalue weighted by Gasteiger charge is 2.52. The van der Waals surface area contributed by atoms with Crippen LogP contribution in [0.1, 0.15) is 25.0 Å². The third kappa shape index (κ3) is 3.30. The fourth-order valence-corrected chi connectivity index (χ4v) is 4.74. The zero-order valence-electron chi connectivity index (χ0n) is 20.5. The van der Waals surface area contributed by atoms with Crippen molar-refractivity contribution in [3.8, 4) is 0 Å². The highest BCUT2D eigenvalue weighted by atomic mass is 16.2. The van der Waals surface area contributed by atoms with Crippen molar-refractivity contribution in [3.05, 3.63) is 71.6 Å². The maximum Gasteiger partial charge on any atom is 0.351 e. The number of hydrogen-bond acceptors (Lipinski definition) is 6. The second-order valence-electron chi connectivity index (χ2n) is 8.63. The maximum absolute atomic E-state index is 13.5. The molecule has 0 radical (unpaired) electrons. The summed E-state index contributed by atoms with van der Waals surface area (Å²) in [6.45, 7) is 3.50. The molecule has 190 valence electrons. The molecule has 12 heteroatoms. The number of rotatable bonds is 5. The minimum Gasteiger partial charge on any atom is -0.346 e. The molecule has 2 aliphatic rings. The molecule has 2 saturated heterocycles. The van der Waals surface area contributed by atoms with Crippen molar-refractivity contribution in [2.75, 3.05) is 13.1 Å². The Morgan fingerprint density at radius 1 is 0.711 bits per heavy atom. The second-order valence-corrected chi connectivity index (χ2v) is 8.63. The lowest BCUT2D eigenvalue weighted by Crippen LogP contribution is -2.46. The summed E-state index contributed by atoms with van der Waals surface area (Å²) < 4.78 is 0. The third-order valence-electron chi connectivity index (χ3n) is 6.59. The molecule has 0 bridgehead atoms. The molecule has 0 unspecified atom stereocenters. The number of aromatic nitrogens is 4. The molecule has 6 heterocycles. The normalized spacial score (nSPS) is 18.6. The summed E-state index contributed by atoms with van der Waals surface area (Å²) in [6, 6.07) is 5.71. The van der Waals surface area contributed by atoms with Gasteiger partial charge in [-0.05, 0) is 50.3 Å². The third-order valence-corrected chi connectivity index (χ3v) is 6.59. The Morgan fingerprint density at radius 3 is 1.53 bits per heavy atom. The number of imide groups is 2. The van der Waals surface area contributed by atoms with E-state index in [0.29, 0.717) is 22.4 Å². The molecule has 4 aromatic rings. The predicted molar refractivity (Wildman–Crippen MR) is 137 cm³/mol. The van der Waals surface area contributed by atoms with Crippen molar-refractivity contribution in [1.82, 2.24) is 39.8 Å². The summed E-state index contributed by atoms with van der Waals surface area (Å²) in [6.07, 6.45) is 9.65. The summed E-state index contributed by atoms with van der Waals surface area (Å²) >= 11 is 0. The van der Waals surface area contributed by atoms with E-state index in [9.17, 15) is 19.2 Å². The molecule has 2 aliphatic heterocycles. The fourth-order valence-electron chi connectivity index (χ4n) is 4.74. The van der Waals surface area contributed by atoms with E-state index < -0.39 is 23.9 Å². The van der Waals surface area contributed by atoms with Gasteiger partial charge >= 0.3 is 12.1 Å². The quantitative estimate of drug-likeness (QED) is 0.312. The number of hydrogen-bond donors (Lipinski definition) is 2. The van der Waals surface area contributed by atoms with E-state index >= 15 is 0 Å². The molecule has 4 aromatic heterocycles. The van der Waals surface area contributed by atoms with Gasteiger partial charge in [-0.1, -0.05) is 0 Å². The van der Waals surface area contributed by atoms with Crippen LogP contribution in [0.3, 0.4) is 0 Å². The van der Waals surface area contributed by atoms with E-state index in [4.69, 9.17) is 0 Å². The first-order valence-corrected chi connectivity index (χ1v) is 12.0. The first-order valence-electron chi connectivity index (χ1n) is 12.0. The van der Waals surface area contributed by atoms with E-state index in [1.807, 2.05) is 12.1 Å². The summed E-state index contributed by atoms with van der Waals surface area (Å²) in [5.74, 6) is -1.16. The minimum absolute atomic E-state index is 0.0628. The number of nitrogens with zero attached hydrogens (tertiary/aromatic N) is 6. The Hall–Kier alpha value is -5.26. The van der Waals surface area contributed by atoms with Gasteiger partial charge in [0.1, 0.15) is 22.7 Å². The average molecular weight is 511 g/mol. The van der Waals surface area contributed by atoms with Gasteiger partial charge in [-0.3, -0.25) is 19.4 Å². The van der Waals surface area contributed by atoms with E-state index in [0.717, 1.165) is 30.6 Å². The SMILES string of the molecule is CCN1C(=O)/C(=C/c2c[nH]c3ncccc23)N(N2C(=O)N(CC)C(=O)/C2=C/c2c[nH]c3ncccc23)C1=O. The van der Waals surface area contributed by atoms with Crippen LogP contribution in [0.2, 0.25) is 0 Å². The van der Waals surface area contributed by atoms with E-state index in [1.165, 1.54) is 12.2 Å². The van der Waals surface area contributed by atoms with Gasteiger partial charge in [-0.15, -0.1) is 0 Å². The Labute approximate surface area is 215 Å². The number of carbonyl (C=O) groups excluding carboxylic acids is 4. The van der Waals surface area contributed by atoms with Crippen LogP contribution in [0.5, 0.6) is 0 Å². The van der Waals surface area contributed by atoms with Gasteiger partial charge in [0, 0.05) is 59.8 Å². The average Bonchev–Trinajstić information content (AvgIpc) is 3.64. The molecule has 0 spiro atoms. The van der Waals surface area contributed by atoms with Crippen LogP contribution in [-0.2, 0) is 9.59 Å². The number of aromatic amines is 2. The van der Waals surface area contributed by atoms with Crippen LogP contribution in [0.15, 0.2) is 60.4 Å². The number of H-pyrrole nitrogens is 2. The van der Waals surface area contributed by atoms with Gasteiger partial charge in [0.2, 0.25) is 0 Å². The fraction of sp³-hybridized carbons (Fsp3) is 0.154. The van der Waals surface area contributed by atoms with Crippen LogP contribution >= 0.6 is 0 Å². The van der Waals surface area contributed by atoms with Gasteiger partial charge in [-0.2, -0.15) is 10.0 Å². The Bertz CT molecular complexity index is 1590. The largest absolute Gasteiger partial charge is 0.351 e. The topological polar surface area (TPSA) is 139 Å². The minimum atomic E-state index is -0.729. The molecule has 2 fully saturated rings. The first kappa shape index (κ1) is 23.2. The lowest BCUT2D eigenvalue weighted by molar-refractivity contribution is -0.124. The van der Waals surface area contributed by atoms with Gasteiger partial charge in [0.15, 0.2) is 0 Å². The molecule has 12 nitrogen and oxygen atoms in total. The predicted octanol–water partition coefficient (Wildman–Crippen LogP) is 3.30. The van der Waals surface area contributed by atoms with E-state index in [1.54, 1.807) is 50.8 Å². The molecule has 0 atom stereocenters. The standard InChI is InChI=1S/C26H22N8O4/c1-3-31-23(35)19(11-15-13-29-21-17(15)7-5-9-27-21)33(25(31)37)34-20(24(36)32(4-2)26(34)38)12-16-14-30-22-18(16)8-6-10-28-22/h5-14H,3-4H2,1-2H3,(H,27,29)(H,28,30)/b19-11-,20-12-. The van der Waals surface area contributed by atoms with Crippen LogP contribution in [0.25, 0.3) is 34.2 Å². The number of nitrogens with one attached hydrogen (secondary N) is 2. The molecule has 6 rings (SSSR count). The van der Waals surface area contributed by atoms with E-state index in [-0.39, 0.29) is 24.5 Å². The summed E-state index contributed by atoms with van der Waals surface area (Å²) in [4.78, 5) is 70.6. The Balaban J connectivity index is 1.53. The molecule has 38 heavy (non-hydrogen) atoms. The molecular weight excluding hydrogens is 488 g/mol. The van der Waals surface area contributed by atoms with Gasteiger partial charge in [0.05, 0.1) is 0 Å². The van der Waals surface area contributed by atoms with Gasteiger partial charge in [0.25, 0.3) is 11.8 Å². The zero-order valence-corrected chi connectivity index (χ0v) is 20.5. The summed E-state index contributed by atoms with van der Waals surface area (Å²) in [7, 11) is 0. The number of pyridine rings is 2. The van der Waals surface area contributed by atoms with Crippen molar-refractivity contribution in [2.45, 2.75) is 13.8 Å². The van der Waals surface area contributed by atoms with Gasteiger partial charge in [-0.25, -0.2) is 19.6 Å². The summed E-state index contributed by atoms with van der Waals surface area (Å²) in [5, 5.41) is 3.43. The molecule has 0 aromatic carbocycles. The molecular formula is C26H22N8O4. The molecule has 6 amide bonds. The molecule has 0 saturated carbocycles. The van der Waals surface area contributed by atoms with E-state index in [2.05, 4.69) is 19.9 Å². The van der Waals surface area contributed by atoms with Crippen LogP contribution < -0.4 is 0 Å². The highest BCUT2D eigenvalue weighted by Crippen LogP contribution is 2.34. The lowest BCUT2D eigenvalue weighted by atomic mass is 10.2. The van der Waals surface area contributed by atoms with Crippen LogP contribution in [-0.4, -0.2) is 76.7 Å². The van der Waals surface area contributed by atoms with Crippen molar-refractivity contribution < 1.29 is 19.2 Å². The lowest BCUT2D eigenvalue weighted by Gasteiger charge is -2.26. The zero-order chi connectivity index (χ0) is 26.6. The number of carbonyl (C=O) groups is 4. The van der Waals surface area contributed by atoms with Crippen LogP contribution in [0.4, 0.5) is 9.59 Å². The molecule has 0 aliphatic carbocycles. The maximum atomic E-state index is 13.5. The number of hydrazine groups is 1. The summed E-state index contributed by atoms with van der Waals surface area (Å²) in [5.41, 5.74) is 2.29. The van der Waals surface area contributed by atoms with Gasteiger partial charge < -0.3 is 9.97 Å². The number of likely N-dealkylation sites (N-methyl/N-ethyl adjacent to an activating group) is 2. The Kier molecular flexibility index (Phi) is 5.30. The Morgan fingerprint density at radius 2 is 1.13 bits per heavy atom. The number of amides is 6. The second kappa shape index (κ2) is 8.69. The van der Waals surface area contributed by atoms with Crippen molar-refractivity contribution in [2.24, 2.45) is 0 Å².